The molecule has 0 aliphatic carbocycles. The van der Waals surface area contributed by atoms with Crippen LogP contribution in [0.3, 0.4) is 0 Å². The van der Waals surface area contributed by atoms with E-state index in [-0.39, 0.29) is 0 Å². The lowest BCUT2D eigenvalue weighted by atomic mass is 10.0. The SMILES string of the molecule is [CH2-][NH2+]C(CC)Cc1ccc(C)c(O)c1. The summed E-state index contributed by atoms with van der Waals surface area (Å²) in [6.45, 7) is 4.06. The van der Waals surface area contributed by atoms with E-state index in [9.17, 15) is 5.11 Å². The number of hydrogen-bond donors (Lipinski definition) is 2. The Kier molecular flexibility index (Phi) is 3.96. The summed E-state index contributed by atoms with van der Waals surface area (Å²) in [5, 5.41) is 11.5. The Morgan fingerprint density at radius 3 is 2.71 bits per heavy atom. The monoisotopic (exact) mass is 193 g/mol. The van der Waals surface area contributed by atoms with E-state index in [4.69, 9.17) is 0 Å². The van der Waals surface area contributed by atoms with Gasteiger partial charge in [-0.15, -0.1) is 0 Å². The average molecular weight is 193 g/mol. The Bertz CT molecular complexity index is 292. The molecule has 1 unspecified atom stereocenters. The third-order valence-electron chi connectivity index (χ3n) is 2.63. The van der Waals surface area contributed by atoms with E-state index in [0.29, 0.717) is 11.8 Å². The quantitative estimate of drug-likeness (QED) is 0.696. The maximum absolute atomic E-state index is 9.53. The van der Waals surface area contributed by atoms with Crippen molar-refractivity contribution in [2.24, 2.45) is 0 Å². The van der Waals surface area contributed by atoms with Crippen molar-refractivity contribution < 1.29 is 10.4 Å². The highest BCUT2D eigenvalue weighted by atomic mass is 16.3. The molecule has 0 spiro atoms. The van der Waals surface area contributed by atoms with Gasteiger partial charge in [0, 0.05) is 6.42 Å². The number of benzene rings is 1. The molecule has 1 atom stereocenters. The molecule has 0 amide bonds. The van der Waals surface area contributed by atoms with Gasteiger partial charge in [0.2, 0.25) is 0 Å². The van der Waals surface area contributed by atoms with Crippen LogP contribution in [0.1, 0.15) is 24.5 Å². The van der Waals surface area contributed by atoms with Crippen molar-refractivity contribution in [3.63, 3.8) is 0 Å². The number of aryl methyl sites for hydroxylation is 1. The second kappa shape index (κ2) is 5.01. The maximum atomic E-state index is 9.53. The number of rotatable bonds is 4. The number of phenolic OH excluding ortho intramolecular Hbond substituents is 1. The van der Waals surface area contributed by atoms with Gasteiger partial charge < -0.3 is 10.4 Å². The summed E-state index contributed by atoms with van der Waals surface area (Å²) in [5.41, 5.74) is 2.11. The number of hydrogen-bond acceptors (Lipinski definition) is 1. The lowest BCUT2D eigenvalue weighted by molar-refractivity contribution is -0.633. The third kappa shape index (κ3) is 2.74. The predicted molar refractivity (Wildman–Crippen MR) is 57.9 cm³/mol. The van der Waals surface area contributed by atoms with Crippen molar-refractivity contribution in [2.45, 2.75) is 32.7 Å². The van der Waals surface area contributed by atoms with E-state index in [1.807, 2.05) is 24.4 Å². The van der Waals surface area contributed by atoms with Gasteiger partial charge in [-0.1, -0.05) is 19.1 Å². The normalized spacial score (nSPS) is 12.8. The minimum atomic E-state index is 0.390. The fourth-order valence-electron chi connectivity index (χ4n) is 1.48. The molecule has 0 bridgehead atoms. The van der Waals surface area contributed by atoms with E-state index in [0.717, 1.165) is 18.4 Å². The summed E-state index contributed by atoms with van der Waals surface area (Å²) in [7, 11) is 3.81. The molecule has 0 radical (unpaired) electrons. The van der Waals surface area contributed by atoms with E-state index < -0.39 is 0 Å². The van der Waals surface area contributed by atoms with Crippen LogP contribution in [0.4, 0.5) is 0 Å². The minimum Gasteiger partial charge on any atom is -0.508 e. The first-order valence-corrected chi connectivity index (χ1v) is 5.08. The standard InChI is InChI=1S/C12H19NO/c1-4-11(13-3)7-10-6-5-9(2)12(14)8-10/h5-6,8,11,14H,3-4,7,13H2,1-2H3. The van der Waals surface area contributed by atoms with E-state index in [1.54, 1.807) is 0 Å². The number of aromatic hydroxyl groups is 1. The van der Waals surface area contributed by atoms with Crippen molar-refractivity contribution in [1.82, 2.24) is 0 Å². The van der Waals surface area contributed by atoms with Crippen LogP contribution in [0.25, 0.3) is 0 Å². The molecule has 14 heavy (non-hydrogen) atoms. The van der Waals surface area contributed by atoms with E-state index in [2.05, 4.69) is 20.0 Å². The highest BCUT2D eigenvalue weighted by Gasteiger charge is 2.06. The molecule has 2 nitrogen and oxygen atoms in total. The number of quaternary nitrogens is 1. The first-order chi connectivity index (χ1) is 6.67. The first kappa shape index (κ1) is 11.1. The van der Waals surface area contributed by atoms with Crippen LogP contribution in [0.5, 0.6) is 5.75 Å². The van der Waals surface area contributed by atoms with Crippen molar-refractivity contribution in [1.29, 1.82) is 0 Å². The molecule has 0 aliphatic rings. The summed E-state index contributed by atoms with van der Waals surface area (Å²) in [6.07, 6.45) is 2.06. The molecule has 1 aromatic carbocycles. The minimum absolute atomic E-state index is 0.390. The fraction of sp³-hybridized carbons (Fsp3) is 0.417. The van der Waals surface area contributed by atoms with Crippen LogP contribution in [0.2, 0.25) is 0 Å². The Balaban J connectivity index is 2.72. The Morgan fingerprint density at radius 1 is 1.50 bits per heavy atom. The smallest absolute Gasteiger partial charge is 0.118 e. The first-order valence-electron chi connectivity index (χ1n) is 5.08. The van der Waals surface area contributed by atoms with Crippen LogP contribution in [-0.4, -0.2) is 11.1 Å². The van der Waals surface area contributed by atoms with Gasteiger partial charge in [-0.2, -0.15) is 7.05 Å². The van der Waals surface area contributed by atoms with Crippen molar-refractivity contribution in [3.8, 4) is 5.75 Å². The van der Waals surface area contributed by atoms with Gasteiger partial charge in [0.25, 0.3) is 0 Å². The van der Waals surface area contributed by atoms with Crippen molar-refractivity contribution in [2.75, 3.05) is 0 Å². The van der Waals surface area contributed by atoms with E-state index >= 15 is 0 Å². The lowest BCUT2D eigenvalue weighted by Gasteiger charge is -2.14. The van der Waals surface area contributed by atoms with Crippen molar-refractivity contribution in [3.05, 3.63) is 36.4 Å². The molecule has 0 fully saturated rings. The highest BCUT2D eigenvalue weighted by Crippen LogP contribution is 2.18. The summed E-state index contributed by atoms with van der Waals surface area (Å²) >= 11 is 0. The largest absolute Gasteiger partial charge is 0.508 e. The summed E-state index contributed by atoms with van der Waals surface area (Å²) in [5.74, 6) is 0.390. The molecule has 0 aliphatic heterocycles. The number of phenols is 1. The zero-order valence-corrected chi connectivity index (χ0v) is 8.96. The maximum Gasteiger partial charge on any atom is 0.118 e. The zero-order chi connectivity index (χ0) is 10.6. The summed E-state index contributed by atoms with van der Waals surface area (Å²) in [6, 6.07) is 6.39. The van der Waals surface area contributed by atoms with Gasteiger partial charge in [0.1, 0.15) is 5.75 Å². The second-order valence-electron chi connectivity index (χ2n) is 3.73. The molecule has 0 saturated carbocycles. The Hall–Kier alpha value is -1.02. The molecule has 0 saturated heterocycles. The summed E-state index contributed by atoms with van der Waals surface area (Å²) < 4.78 is 0. The average Bonchev–Trinajstić information content (AvgIpc) is 2.19. The molecule has 3 N–H and O–H groups in total. The lowest BCUT2D eigenvalue weighted by Crippen LogP contribution is -2.84. The Morgan fingerprint density at radius 2 is 2.21 bits per heavy atom. The number of nitrogens with two attached hydrogens (primary N) is 1. The molecule has 0 aromatic heterocycles. The topological polar surface area (TPSA) is 36.8 Å². The summed E-state index contributed by atoms with van der Waals surface area (Å²) in [4.78, 5) is 0. The van der Waals surface area contributed by atoms with Gasteiger partial charge in [0.05, 0.1) is 6.04 Å². The third-order valence-corrected chi connectivity index (χ3v) is 2.63. The van der Waals surface area contributed by atoms with Crippen LogP contribution < -0.4 is 5.32 Å². The van der Waals surface area contributed by atoms with Gasteiger partial charge in [0.15, 0.2) is 0 Å². The van der Waals surface area contributed by atoms with Crippen LogP contribution in [0.15, 0.2) is 18.2 Å². The molecule has 1 aromatic rings. The van der Waals surface area contributed by atoms with Gasteiger partial charge in [-0.25, -0.2) is 0 Å². The molecular weight excluding hydrogens is 174 g/mol. The highest BCUT2D eigenvalue weighted by molar-refractivity contribution is 5.35. The predicted octanol–water partition coefficient (Wildman–Crippen LogP) is 1.38. The van der Waals surface area contributed by atoms with Gasteiger partial charge >= 0.3 is 0 Å². The van der Waals surface area contributed by atoms with Gasteiger partial charge in [-0.3, -0.25) is 0 Å². The van der Waals surface area contributed by atoms with Crippen LogP contribution >= 0.6 is 0 Å². The second-order valence-corrected chi connectivity index (χ2v) is 3.73. The van der Waals surface area contributed by atoms with Crippen molar-refractivity contribution >= 4 is 0 Å². The fourth-order valence-corrected chi connectivity index (χ4v) is 1.48. The zero-order valence-electron chi connectivity index (χ0n) is 8.96. The van der Waals surface area contributed by atoms with E-state index in [1.165, 1.54) is 5.56 Å². The van der Waals surface area contributed by atoms with Crippen LogP contribution in [0, 0.1) is 14.0 Å². The molecule has 78 valence electrons. The molecule has 1 rings (SSSR count). The molecule has 2 heteroatoms. The van der Waals surface area contributed by atoms with Crippen LogP contribution in [-0.2, 0) is 6.42 Å². The Labute approximate surface area is 86.0 Å². The molecular formula is C12H19NO. The van der Waals surface area contributed by atoms with Gasteiger partial charge in [-0.05, 0) is 30.5 Å². The molecule has 0 heterocycles.